The summed E-state index contributed by atoms with van der Waals surface area (Å²) in [5, 5.41) is 0. The molecule has 0 amide bonds. The van der Waals surface area contributed by atoms with Crippen LogP contribution in [-0.4, -0.2) is 26.1 Å². The van der Waals surface area contributed by atoms with E-state index < -0.39 is 21.6 Å². The molecule has 0 atom stereocenters. The molecule has 0 saturated heterocycles. The minimum atomic E-state index is -4.57. The Hall–Kier alpha value is -1.28. The van der Waals surface area contributed by atoms with Crippen LogP contribution in [0.3, 0.4) is 0 Å². The first kappa shape index (κ1) is 17.1. The molecule has 0 aliphatic carbocycles. The number of nitrogens with zero attached hydrogens (tertiary/aromatic N) is 1. The molecule has 3 nitrogen and oxygen atoms in total. The first-order chi connectivity index (χ1) is 10.1. The van der Waals surface area contributed by atoms with Crippen LogP contribution < -0.4 is 0 Å². The van der Waals surface area contributed by atoms with Crippen molar-refractivity contribution >= 4 is 25.8 Å². The highest BCUT2D eigenvalue weighted by Gasteiger charge is 2.32. The molecule has 2 rings (SSSR count). The van der Waals surface area contributed by atoms with Gasteiger partial charge >= 0.3 is 6.18 Å². The number of rotatable bonds is 3. The lowest BCUT2D eigenvalue weighted by Crippen LogP contribution is -2.21. The van der Waals surface area contributed by atoms with Crippen LogP contribution in [0.2, 0.25) is 0 Å². The van der Waals surface area contributed by atoms with E-state index in [0.717, 1.165) is 16.8 Å². The Morgan fingerprint density at radius 3 is 2.55 bits per heavy atom. The normalized spacial score (nSPS) is 15.9. The molecular weight excluding hydrogens is 383 g/mol. The van der Waals surface area contributed by atoms with Crippen LogP contribution in [0.4, 0.5) is 13.2 Å². The van der Waals surface area contributed by atoms with Crippen LogP contribution in [0.1, 0.15) is 11.1 Å². The zero-order chi connectivity index (χ0) is 16.5. The Kier molecular flexibility index (Phi) is 4.72. The second kappa shape index (κ2) is 6.08. The van der Waals surface area contributed by atoms with Gasteiger partial charge in [0.15, 0.2) is 9.84 Å². The van der Waals surface area contributed by atoms with E-state index in [-0.39, 0.29) is 11.4 Å². The average molecular weight is 396 g/mol. The Morgan fingerprint density at radius 1 is 1.32 bits per heavy atom. The third kappa shape index (κ3) is 4.13. The molecule has 0 radical (unpaired) electrons. The van der Waals surface area contributed by atoms with Gasteiger partial charge in [0.2, 0.25) is 0 Å². The standard InChI is InChI=1S/C14H13BrF3NO2S/c1-22(20,21)13-7-11(14(16,17)18)5-4-10(13)8-19-6-2-3-12(15)9-19/h2-7H,8-9H2,1H3. The molecule has 0 spiro atoms. The number of hydrogen-bond donors (Lipinski definition) is 0. The fourth-order valence-electron chi connectivity index (χ4n) is 2.10. The van der Waals surface area contributed by atoms with Crippen LogP contribution in [0.25, 0.3) is 0 Å². The molecular formula is C14H13BrF3NO2S. The molecule has 120 valence electrons. The van der Waals surface area contributed by atoms with Crippen molar-refractivity contribution < 1.29 is 21.6 Å². The number of halogens is 4. The van der Waals surface area contributed by atoms with Crippen LogP contribution >= 0.6 is 15.9 Å². The maximum absolute atomic E-state index is 12.8. The maximum Gasteiger partial charge on any atom is 0.416 e. The molecule has 8 heteroatoms. The van der Waals surface area contributed by atoms with Gasteiger partial charge in [0.1, 0.15) is 0 Å². The van der Waals surface area contributed by atoms with Crippen molar-refractivity contribution in [3.8, 4) is 0 Å². The zero-order valence-corrected chi connectivity index (χ0v) is 14.0. The summed E-state index contributed by atoms with van der Waals surface area (Å²) in [7, 11) is -3.76. The van der Waals surface area contributed by atoms with E-state index in [2.05, 4.69) is 15.9 Å². The van der Waals surface area contributed by atoms with Gasteiger partial charge in [0, 0.05) is 23.8 Å². The second-order valence-corrected chi connectivity index (χ2v) is 7.96. The highest BCUT2D eigenvalue weighted by Crippen LogP contribution is 2.32. The van der Waals surface area contributed by atoms with E-state index in [4.69, 9.17) is 0 Å². The lowest BCUT2D eigenvalue weighted by Gasteiger charge is -2.24. The quantitative estimate of drug-likeness (QED) is 0.782. The van der Waals surface area contributed by atoms with Crippen molar-refractivity contribution in [3.05, 3.63) is 52.2 Å². The summed E-state index contributed by atoms with van der Waals surface area (Å²) in [4.78, 5) is 1.52. The minimum Gasteiger partial charge on any atom is -0.368 e. The van der Waals surface area contributed by atoms with E-state index in [1.165, 1.54) is 6.07 Å². The summed E-state index contributed by atoms with van der Waals surface area (Å²) in [6.45, 7) is 0.737. The Bertz CT molecular complexity index is 739. The van der Waals surface area contributed by atoms with E-state index in [1.54, 1.807) is 17.2 Å². The molecule has 0 aromatic heterocycles. The molecule has 0 fully saturated rings. The van der Waals surface area contributed by atoms with E-state index in [9.17, 15) is 21.6 Å². The largest absolute Gasteiger partial charge is 0.416 e. The molecule has 1 aliphatic heterocycles. The molecule has 1 aliphatic rings. The van der Waals surface area contributed by atoms with Gasteiger partial charge < -0.3 is 4.90 Å². The summed E-state index contributed by atoms with van der Waals surface area (Å²) in [5.74, 6) is 0. The number of alkyl halides is 3. The van der Waals surface area contributed by atoms with Gasteiger partial charge in [0.05, 0.1) is 10.5 Å². The molecule has 0 bridgehead atoms. The summed E-state index contributed by atoms with van der Waals surface area (Å²) in [6.07, 6.45) is 1.72. The SMILES string of the molecule is CS(=O)(=O)c1cc(C(F)(F)F)ccc1CN1C=CC=C(Br)C1. The lowest BCUT2D eigenvalue weighted by atomic mass is 10.1. The molecule has 0 unspecified atom stereocenters. The van der Waals surface area contributed by atoms with Crippen molar-refractivity contribution in [2.24, 2.45) is 0 Å². The van der Waals surface area contributed by atoms with Gasteiger partial charge in [0.25, 0.3) is 0 Å². The molecule has 0 N–H and O–H groups in total. The van der Waals surface area contributed by atoms with Gasteiger partial charge in [-0.1, -0.05) is 22.0 Å². The van der Waals surface area contributed by atoms with Gasteiger partial charge in [-0.3, -0.25) is 0 Å². The molecule has 1 aromatic rings. The van der Waals surface area contributed by atoms with Crippen LogP contribution in [0.5, 0.6) is 0 Å². The summed E-state index contributed by atoms with van der Waals surface area (Å²) >= 11 is 3.34. The Balaban J connectivity index is 2.39. The number of allylic oxidation sites excluding steroid dienone is 2. The Morgan fingerprint density at radius 2 is 2.00 bits per heavy atom. The topological polar surface area (TPSA) is 37.4 Å². The van der Waals surface area contributed by atoms with Crippen LogP contribution in [-0.2, 0) is 22.6 Å². The van der Waals surface area contributed by atoms with Crippen LogP contribution in [0.15, 0.2) is 45.9 Å². The van der Waals surface area contributed by atoms with E-state index in [0.29, 0.717) is 18.2 Å². The van der Waals surface area contributed by atoms with Crippen molar-refractivity contribution in [1.82, 2.24) is 4.90 Å². The highest BCUT2D eigenvalue weighted by molar-refractivity contribution is 9.11. The summed E-state index contributed by atoms with van der Waals surface area (Å²) in [6, 6.07) is 2.82. The summed E-state index contributed by atoms with van der Waals surface area (Å²) < 4.78 is 62.8. The predicted octanol–water partition coefficient (Wildman–Crippen LogP) is 3.72. The zero-order valence-electron chi connectivity index (χ0n) is 11.6. The van der Waals surface area contributed by atoms with Crippen molar-refractivity contribution in [2.75, 3.05) is 12.8 Å². The third-order valence-electron chi connectivity index (χ3n) is 3.10. The first-order valence-corrected chi connectivity index (χ1v) is 8.93. The molecule has 1 heterocycles. The third-order valence-corrected chi connectivity index (χ3v) is 4.79. The second-order valence-electron chi connectivity index (χ2n) is 4.95. The minimum absolute atomic E-state index is 0.208. The van der Waals surface area contributed by atoms with Gasteiger partial charge in [-0.15, -0.1) is 0 Å². The molecule has 1 aromatic carbocycles. The molecule has 22 heavy (non-hydrogen) atoms. The number of benzene rings is 1. The van der Waals surface area contributed by atoms with Crippen molar-refractivity contribution in [3.63, 3.8) is 0 Å². The lowest BCUT2D eigenvalue weighted by molar-refractivity contribution is -0.137. The van der Waals surface area contributed by atoms with Crippen molar-refractivity contribution in [1.29, 1.82) is 0 Å². The molecule has 0 saturated carbocycles. The fourth-order valence-corrected chi connectivity index (χ4v) is 3.53. The Labute approximate surface area is 135 Å². The van der Waals surface area contributed by atoms with Gasteiger partial charge in [-0.2, -0.15) is 13.2 Å². The number of hydrogen-bond acceptors (Lipinski definition) is 3. The maximum atomic E-state index is 12.8. The summed E-state index contributed by atoms with van der Waals surface area (Å²) in [5.41, 5.74) is -0.630. The number of sulfone groups is 1. The highest BCUT2D eigenvalue weighted by atomic mass is 79.9. The fraction of sp³-hybridized carbons (Fsp3) is 0.286. The van der Waals surface area contributed by atoms with E-state index in [1.807, 2.05) is 6.08 Å². The van der Waals surface area contributed by atoms with Crippen LogP contribution in [0, 0.1) is 0 Å². The van der Waals surface area contributed by atoms with Gasteiger partial charge in [-0.05, 0) is 36.0 Å². The predicted molar refractivity (Wildman–Crippen MR) is 81.1 cm³/mol. The van der Waals surface area contributed by atoms with Crippen molar-refractivity contribution in [2.45, 2.75) is 17.6 Å². The van der Waals surface area contributed by atoms with E-state index >= 15 is 0 Å². The smallest absolute Gasteiger partial charge is 0.368 e. The van der Waals surface area contributed by atoms with Gasteiger partial charge in [-0.25, -0.2) is 8.42 Å². The first-order valence-electron chi connectivity index (χ1n) is 6.24. The monoisotopic (exact) mass is 395 g/mol. The average Bonchev–Trinajstić information content (AvgIpc) is 2.36.